The van der Waals surface area contributed by atoms with Crippen molar-refractivity contribution in [2.45, 2.75) is 57.9 Å². The summed E-state index contributed by atoms with van der Waals surface area (Å²) in [6.07, 6.45) is 9.05. The van der Waals surface area contributed by atoms with Crippen LogP contribution in [0.3, 0.4) is 0 Å². The predicted octanol–water partition coefficient (Wildman–Crippen LogP) is 2.25. The average molecular weight is 268 g/mol. The van der Waals surface area contributed by atoms with Crippen LogP contribution >= 0.6 is 0 Å². The highest BCUT2D eigenvalue weighted by Gasteiger charge is 2.29. The Bertz CT molecular complexity index is 227. The minimum absolute atomic E-state index is 0.353. The molecule has 0 aromatic rings. The van der Waals surface area contributed by atoms with Gasteiger partial charge in [-0.1, -0.05) is 13.3 Å². The Labute approximate surface area is 118 Å². The summed E-state index contributed by atoms with van der Waals surface area (Å²) in [4.78, 5) is 2.70. The number of hydrogen-bond donors (Lipinski definition) is 2. The fraction of sp³-hybridized carbons (Fsp3) is 1.00. The van der Waals surface area contributed by atoms with Crippen molar-refractivity contribution in [3.63, 3.8) is 0 Å². The number of rotatable bonds is 8. The SMILES string of the molecule is CCCNC1CC(CCCO)CN(CC2CCC2)C1. The summed E-state index contributed by atoms with van der Waals surface area (Å²) < 4.78 is 0. The maximum absolute atomic E-state index is 9.03. The zero-order valence-electron chi connectivity index (χ0n) is 12.6. The summed E-state index contributed by atoms with van der Waals surface area (Å²) in [6.45, 7) is 7.57. The van der Waals surface area contributed by atoms with E-state index in [4.69, 9.17) is 5.11 Å². The zero-order chi connectivity index (χ0) is 13.5. The molecule has 112 valence electrons. The van der Waals surface area contributed by atoms with E-state index in [1.54, 1.807) is 0 Å². The minimum Gasteiger partial charge on any atom is -0.396 e. The van der Waals surface area contributed by atoms with E-state index < -0.39 is 0 Å². The van der Waals surface area contributed by atoms with Gasteiger partial charge in [-0.3, -0.25) is 0 Å². The molecule has 2 fully saturated rings. The zero-order valence-corrected chi connectivity index (χ0v) is 12.6. The van der Waals surface area contributed by atoms with Crippen LogP contribution in [-0.2, 0) is 0 Å². The molecule has 19 heavy (non-hydrogen) atoms. The van der Waals surface area contributed by atoms with Crippen molar-refractivity contribution in [2.24, 2.45) is 11.8 Å². The van der Waals surface area contributed by atoms with Gasteiger partial charge in [-0.2, -0.15) is 0 Å². The third kappa shape index (κ3) is 5.05. The number of piperidine rings is 1. The molecule has 1 aliphatic carbocycles. The summed E-state index contributed by atoms with van der Waals surface area (Å²) in [5, 5.41) is 12.7. The lowest BCUT2D eigenvalue weighted by Crippen LogP contribution is -2.51. The van der Waals surface area contributed by atoms with Gasteiger partial charge in [-0.15, -0.1) is 0 Å². The Balaban J connectivity index is 1.79. The van der Waals surface area contributed by atoms with Crippen molar-refractivity contribution < 1.29 is 5.11 Å². The van der Waals surface area contributed by atoms with Gasteiger partial charge in [-0.25, -0.2) is 0 Å². The van der Waals surface area contributed by atoms with Crippen molar-refractivity contribution in [1.82, 2.24) is 10.2 Å². The lowest BCUT2D eigenvalue weighted by atomic mass is 9.83. The van der Waals surface area contributed by atoms with Crippen molar-refractivity contribution >= 4 is 0 Å². The average Bonchev–Trinajstić information content (AvgIpc) is 2.38. The Hall–Kier alpha value is -0.120. The van der Waals surface area contributed by atoms with Gasteiger partial charge in [0.05, 0.1) is 0 Å². The molecule has 2 N–H and O–H groups in total. The Morgan fingerprint density at radius 2 is 2.05 bits per heavy atom. The fourth-order valence-corrected chi connectivity index (χ4v) is 3.58. The molecule has 3 nitrogen and oxygen atoms in total. The summed E-state index contributed by atoms with van der Waals surface area (Å²) >= 11 is 0. The molecule has 2 unspecified atom stereocenters. The quantitative estimate of drug-likeness (QED) is 0.709. The van der Waals surface area contributed by atoms with Crippen LogP contribution in [0.5, 0.6) is 0 Å². The van der Waals surface area contributed by atoms with Crippen molar-refractivity contribution in [1.29, 1.82) is 0 Å². The van der Waals surface area contributed by atoms with E-state index in [9.17, 15) is 0 Å². The van der Waals surface area contributed by atoms with Crippen molar-refractivity contribution in [3.8, 4) is 0 Å². The normalized spacial score (nSPS) is 29.4. The lowest BCUT2D eigenvalue weighted by molar-refractivity contribution is 0.0954. The molecule has 0 amide bonds. The maximum atomic E-state index is 9.03. The van der Waals surface area contributed by atoms with E-state index in [1.165, 1.54) is 58.2 Å². The van der Waals surface area contributed by atoms with Crippen LogP contribution < -0.4 is 5.32 Å². The van der Waals surface area contributed by atoms with Gasteiger partial charge in [0.1, 0.15) is 0 Å². The molecule has 0 aromatic heterocycles. The summed E-state index contributed by atoms with van der Waals surface area (Å²) in [5.74, 6) is 1.76. The third-order valence-corrected chi connectivity index (χ3v) is 4.81. The van der Waals surface area contributed by atoms with Gasteiger partial charge >= 0.3 is 0 Å². The molecule has 1 saturated heterocycles. The first-order valence-corrected chi connectivity index (χ1v) is 8.38. The third-order valence-electron chi connectivity index (χ3n) is 4.81. The first-order valence-electron chi connectivity index (χ1n) is 8.38. The monoisotopic (exact) mass is 268 g/mol. The first-order chi connectivity index (χ1) is 9.31. The molecule has 1 heterocycles. The van der Waals surface area contributed by atoms with Gasteiger partial charge in [0.25, 0.3) is 0 Å². The molecule has 0 aromatic carbocycles. The molecule has 0 spiro atoms. The predicted molar refractivity (Wildman–Crippen MR) is 80.3 cm³/mol. The van der Waals surface area contributed by atoms with Crippen molar-refractivity contribution in [2.75, 3.05) is 32.8 Å². The first kappa shape index (κ1) is 15.3. The van der Waals surface area contributed by atoms with Crippen LogP contribution in [0.1, 0.15) is 51.9 Å². The summed E-state index contributed by atoms with van der Waals surface area (Å²) in [7, 11) is 0. The highest BCUT2D eigenvalue weighted by molar-refractivity contribution is 4.85. The molecule has 2 rings (SSSR count). The second-order valence-electron chi connectivity index (χ2n) is 6.63. The minimum atomic E-state index is 0.353. The number of aliphatic hydroxyl groups is 1. The van der Waals surface area contributed by atoms with Crippen molar-refractivity contribution in [3.05, 3.63) is 0 Å². The van der Waals surface area contributed by atoms with Crippen LogP contribution in [0, 0.1) is 11.8 Å². The van der Waals surface area contributed by atoms with E-state index in [0.29, 0.717) is 12.6 Å². The number of aliphatic hydroxyl groups excluding tert-OH is 1. The largest absolute Gasteiger partial charge is 0.396 e. The summed E-state index contributed by atoms with van der Waals surface area (Å²) in [5.41, 5.74) is 0. The summed E-state index contributed by atoms with van der Waals surface area (Å²) in [6, 6.07) is 0.678. The van der Waals surface area contributed by atoms with E-state index in [1.807, 2.05) is 0 Å². The van der Waals surface area contributed by atoms with Crippen LogP contribution in [0.15, 0.2) is 0 Å². The molecule has 1 saturated carbocycles. The number of nitrogens with one attached hydrogen (secondary N) is 1. The van der Waals surface area contributed by atoms with Gasteiger partial charge in [0.15, 0.2) is 0 Å². The van der Waals surface area contributed by atoms with Gasteiger partial charge in [0, 0.05) is 32.3 Å². The highest BCUT2D eigenvalue weighted by Crippen LogP contribution is 2.29. The fourth-order valence-electron chi connectivity index (χ4n) is 3.58. The van der Waals surface area contributed by atoms with E-state index >= 15 is 0 Å². The number of nitrogens with zero attached hydrogens (tertiary/aromatic N) is 1. The molecule has 2 atom stereocenters. The van der Waals surface area contributed by atoms with E-state index in [-0.39, 0.29) is 0 Å². The molecular formula is C16H32N2O. The topological polar surface area (TPSA) is 35.5 Å². The Kier molecular flexibility index (Phi) is 6.62. The van der Waals surface area contributed by atoms with E-state index in [0.717, 1.165) is 24.8 Å². The van der Waals surface area contributed by atoms with E-state index in [2.05, 4.69) is 17.1 Å². The molecule has 1 aliphatic heterocycles. The second kappa shape index (κ2) is 8.23. The highest BCUT2D eigenvalue weighted by atomic mass is 16.2. The van der Waals surface area contributed by atoms with Crippen LogP contribution in [-0.4, -0.2) is 48.8 Å². The number of likely N-dealkylation sites (tertiary alicyclic amines) is 1. The molecular weight excluding hydrogens is 236 g/mol. The Morgan fingerprint density at radius 3 is 2.68 bits per heavy atom. The Morgan fingerprint density at radius 1 is 1.21 bits per heavy atom. The molecule has 0 bridgehead atoms. The maximum Gasteiger partial charge on any atom is 0.0431 e. The van der Waals surface area contributed by atoms with Gasteiger partial charge in [0.2, 0.25) is 0 Å². The van der Waals surface area contributed by atoms with Crippen LogP contribution in [0.4, 0.5) is 0 Å². The molecule has 0 radical (unpaired) electrons. The van der Waals surface area contributed by atoms with Gasteiger partial charge in [-0.05, 0) is 56.9 Å². The number of hydrogen-bond acceptors (Lipinski definition) is 3. The molecule has 2 aliphatic rings. The van der Waals surface area contributed by atoms with Crippen LogP contribution in [0.25, 0.3) is 0 Å². The molecule has 3 heteroatoms. The van der Waals surface area contributed by atoms with Crippen LogP contribution in [0.2, 0.25) is 0 Å². The standard InChI is InChI=1S/C16H32N2O/c1-2-8-17-16-10-15(7-4-9-19)12-18(13-16)11-14-5-3-6-14/h14-17,19H,2-13H2,1H3. The lowest BCUT2D eigenvalue weighted by Gasteiger charge is -2.41. The second-order valence-corrected chi connectivity index (χ2v) is 6.63. The van der Waals surface area contributed by atoms with Gasteiger partial charge < -0.3 is 15.3 Å². The smallest absolute Gasteiger partial charge is 0.0431 e.